The van der Waals surface area contributed by atoms with Crippen LogP contribution in [0, 0.1) is 0 Å². The highest BCUT2D eigenvalue weighted by atomic mass is 32.1. The van der Waals surface area contributed by atoms with Gasteiger partial charge < -0.3 is 4.74 Å². The average molecular weight is 225 g/mol. The van der Waals surface area contributed by atoms with Crippen LogP contribution in [-0.4, -0.2) is 36.5 Å². The molecule has 15 heavy (non-hydrogen) atoms. The minimum atomic E-state index is -0.448. The number of hydrogen-bond acceptors (Lipinski definition) is 5. The van der Waals surface area contributed by atoms with Crippen LogP contribution in [0.15, 0.2) is 16.8 Å². The van der Waals surface area contributed by atoms with Crippen molar-refractivity contribution in [1.29, 1.82) is 0 Å². The number of esters is 2. The van der Waals surface area contributed by atoms with E-state index in [1.165, 1.54) is 5.56 Å². The van der Waals surface area contributed by atoms with Crippen LogP contribution in [0.25, 0.3) is 0 Å². The molecule has 0 aromatic carbocycles. The van der Waals surface area contributed by atoms with Crippen molar-refractivity contribution in [2.45, 2.75) is 6.42 Å². The molecule has 0 aliphatic carbocycles. The molecule has 0 radical (unpaired) electrons. The summed E-state index contributed by atoms with van der Waals surface area (Å²) in [6.45, 7) is 1.16. The summed E-state index contributed by atoms with van der Waals surface area (Å²) >= 11 is 1.65. The van der Waals surface area contributed by atoms with Gasteiger partial charge in [0.15, 0.2) is 0 Å². The third kappa shape index (κ3) is 2.87. The van der Waals surface area contributed by atoms with Gasteiger partial charge in [0, 0.05) is 6.54 Å². The van der Waals surface area contributed by atoms with Crippen LogP contribution in [0.5, 0.6) is 0 Å². The largest absolute Gasteiger partial charge is 0.391 e. The van der Waals surface area contributed by atoms with Gasteiger partial charge in [-0.15, -0.1) is 0 Å². The molecule has 0 saturated carbocycles. The van der Waals surface area contributed by atoms with Crippen LogP contribution in [-0.2, 0) is 20.7 Å². The Morgan fingerprint density at radius 2 is 2.07 bits per heavy atom. The van der Waals surface area contributed by atoms with Gasteiger partial charge in [-0.1, -0.05) is 0 Å². The van der Waals surface area contributed by atoms with Gasteiger partial charge >= 0.3 is 11.9 Å². The molecule has 80 valence electrons. The first kappa shape index (κ1) is 10.3. The summed E-state index contributed by atoms with van der Waals surface area (Å²) < 4.78 is 4.44. The SMILES string of the molecule is O=C1CN(CCc2ccsc2)CC(=O)O1. The number of carbonyl (C=O) groups is 2. The van der Waals surface area contributed by atoms with E-state index in [-0.39, 0.29) is 13.1 Å². The summed E-state index contributed by atoms with van der Waals surface area (Å²) in [4.78, 5) is 23.7. The number of hydrogen-bond donors (Lipinski definition) is 0. The van der Waals surface area contributed by atoms with Crippen LogP contribution in [0.4, 0.5) is 0 Å². The second-order valence-electron chi connectivity index (χ2n) is 3.44. The summed E-state index contributed by atoms with van der Waals surface area (Å²) in [6, 6.07) is 2.05. The molecule has 0 atom stereocenters. The van der Waals surface area contributed by atoms with Gasteiger partial charge in [0.2, 0.25) is 0 Å². The van der Waals surface area contributed by atoms with Crippen molar-refractivity contribution in [1.82, 2.24) is 4.90 Å². The maximum absolute atomic E-state index is 11.0. The minimum Gasteiger partial charge on any atom is -0.391 e. The summed E-state index contributed by atoms with van der Waals surface area (Å²) in [5.74, 6) is -0.895. The van der Waals surface area contributed by atoms with Gasteiger partial charge in [0.05, 0.1) is 13.1 Å². The lowest BCUT2D eigenvalue weighted by Crippen LogP contribution is -2.43. The third-order valence-corrected chi connectivity index (χ3v) is 2.96. The van der Waals surface area contributed by atoms with Gasteiger partial charge in [-0.05, 0) is 28.8 Å². The number of thiophene rings is 1. The van der Waals surface area contributed by atoms with Crippen LogP contribution in [0.2, 0.25) is 0 Å². The van der Waals surface area contributed by atoms with E-state index in [0.29, 0.717) is 0 Å². The Bertz CT molecular complexity index is 345. The Hall–Kier alpha value is -1.20. The van der Waals surface area contributed by atoms with Crippen molar-refractivity contribution in [3.8, 4) is 0 Å². The Balaban J connectivity index is 1.84. The lowest BCUT2D eigenvalue weighted by molar-refractivity contribution is -0.166. The van der Waals surface area contributed by atoms with Crippen molar-refractivity contribution in [2.24, 2.45) is 0 Å². The van der Waals surface area contributed by atoms with E-state index in [9.17, 15) is 9.59 Å². The maximum Gasteiger partial charge on any atom is 0.327 e. The second-order valence-corrected chi connectivity index (χ2v) is 4.22. The molecule has 1 aromatic rings. The van der Waals surface area contributed by atoms with E-state index in [0.717, 1.165) is 13.0 Å². The molecule has 4 nitrogen and oxygen atoms in total. The Morgan fingerprint density at radius 3 is 2.67 bits per heavy atom. The highest BCUT2D eigenvalue weighted by Crippen LogP contribution is 2.08. The van der Waals surface area contributed by atoms with Crippen LogP contribution < -0.4 is 0 Å². The van der Waals surface area contributed by atoms with Crippen LogP contribution >= 0.6 is 11.3 Å². The first-order valence-electron chi connectivity index (χ1n) is 4.71. The van der Waals surface area contributed by atoms with E-state index in [1.54, 1.807) is 11.3 Å². The number of morpholine rings is 1. The van der Waals surface area contributed by atoms with Crippen molar-refractivity contribution in [2.75, 3.05) is 19.6 Å². The predicted octanol–water partition coefficient (Wildman–Crippen LogP) is 0.676. The molecule has 0 N–H and O–H groups in total. The Kier molecular flexibility index (Phi) is 3.13. The number of carbonyl (C=O) groups excluding carboxylic acids is 2. The maximum atomic E-state index is 11.0. The predicted molar refractivity (Wildman–Crippen MR) is 55.6 cm³/mol. The number of ether oxygens (including phenoxy) is 1. The van der Waals surface area contributed by atoms with E-state index in [2.05, 4.69) is 16.2 Å². The highest BCUT2D eigenvalue weighted by molar-refractivity contribution is 7.07. The summed E-state index contributed by atoms with van der Waals surface area (Å²) in [5.41, 5.74) is 1.24. The molecular weight excluding hydrogens is 214 g/mol. The van der Waals surface area contributed by atoms with Crippen LogP contribution in [0.1, 0.15) is 5.56 Å². The summed E-state index contributed by atoms with van der Waals surface area (Å²) in [6.07, 6.45) is 0.865. The van der Waals surface area contributed by atoms with E-state index < -0.39 is 11.9 Å². The second kappa shape index (κ2) is 4.55. The first-order chi connectivity index (χ1) is 7.24. The molecule has 1 aliphatic heterocycles. The number of cyclic esters (lactones) is 2. The first-order valence-corrected chi connectivity index (χ1v) is 5.65. The fourth-order valence-corrected chi connectivity index (χ4v) is 2.20. The Morgan fingerprint density at radius 1 is 1.33 bits per heavy atom. The summed E-state index contributed by atoms with van der Waals surface area (Å²) in [7, 11) is 0. The molecule has 1 fully saturated rings. The molecule has 1 saturated heterocycles. The van der Waals surface area contributed by atoms with Crippen molar-refractivity contribution < 1.29 is 14.3 Å². The molecule has 0 unspecified atom stereocenters. The van der Waals surface area contributed by atoms with Crippen molar-refractivity contribution >= 4 is 23.3 Å². The van der Waals surface area contributed by atoms with Gasteiger partial charge in [0.1, 0.15) is 0 Å². The third-order valence-electron chi connectivity index (χ3n) is 2.23. The Labute approximate surface area is 91.5 Å². The van der Waals surface area contributed by atoms with E-state index >= 15 is 0 Å². The smallest absolute Gasteiger partial charge is 0.327 e. The molecule has 0 bridgehead atoms. The lowest BCUT2D eigenvalue weighted by atomic mass is 10.2. The standard InChI is InChI=1S/C10H11NO3S/c12-9-5-11(6-10(13)14-9)3-1-8-2-4-15-7-8/h2,4,7H,1,3,5-6H2. The van der Waals surface area contributed by atoms with E-state index in [4.69, 9.17) is 0 Å². The van der Waals surface area contributed by atoms with Gasteiger partial charge in [-0.3, -0.25) is 14.5 Å². The van der Waals surface area contributed by atoms with Gasteiger partial charge in [-0.2, -0.15) is 11.3 Å². The molecule has 1 aromatic heterocycles. The molecule has 2 rings (SSSR count). The monoisotopic (exact) mass is 225 g/mol. The molecule has 0 spiro atoms. The minimum absolute atomic E-state index is 0.218. The van der Waals surface area contributed by atoms with E-state index in [1.807, 2.05) is 10.3 Å². The highest BCUT2D eigenvalue weighted by Gasteiger charge is 2.24. The molecular formula is C10H11NO3S. The molecule has 2 heterocycles. The molecule has 1 aliphatic rings. The number of nitrogens with zero attached hydrogens (tertiary/aromatic N) is 1. The topological polar surface area (TPSA) is 46.6 Å². The van der Waals surface area contributed by atoms with Crippen LogP contribution in [0.3, 0.4) is 0 Å². The van der Waals surface area contributed by atoms with Crippen molar-refractivity contribution in [3.63, 3.8) is 0 Å². The van der Waals surface area contributed by atoms with Crippen molar-refractivity contribution in [3.05, 3.63) is 22.4 Å². The normalized spacial score (nSPS) is 17.9. The quantitative estimate of drug-likeness (QED) is 0.560. The fourth-order valence-electron chi connectivity index (χ4n) is 1.49. The molecule has 5 heteroatoms. The summed E-state index contributed by atoms with van der Waals surface area (Å²) in [5, 5.41) is 4.09. The molecule has 0 amide bonds. The zero-order valence-corrected chi connectivity index (χ0v) is 8.96. The lowest BCUT2D eigenvalue weighted by Gasteiger charge is -2.23. The average Bonchev–Trinajstić information content (AvgIpc) is 2.65. The number of rotatable bonds is 3. The zero-order chi connectivity index (χ0) is 10.7. The zero-order valence-electron chi connectivity index (χ0n) is 8.14. The fraction of sp³-hybridized carbons (Fsp3) is 0.400. The van der Waals surface area contributed by atoms with Gasteiger partial charge in [-0.25, -0.2) is 0 Å². The van der Waals surface area contributed by atoms with Gasteiger partial charge in [0.25, 0.3) is 0 Å².